The van der Waals surface area contributed by atoms with Gasteiger partial charge in [-0.25, -0.2) is 0 Å². The molecule has 0 heterocycles. The van der Waals surface area contributed by atoms with E-state index in [1.165, 1.54) is 17.2 Å². The first kappa shape index (κ1) is 23.0. The lowest BCUT2D eigenvalue weighted by Crippen LogP contribution is -2.60. The molecule has 2 fully saturated rings. The molecule has 4 heteroatoms. The molecule has 0 amide bonds. The molecule has 1 aromatic rings. The second-order valence-corrected chi connectivity index (χ2v) is 15.8. The van der Waals surface area contributed by atoms with E-state index in [4.69, 9.17) is 9.47 Å². The van der Waals surface area contributed by atoms with Gasteiger partial charge in [-0.05, 0) is 54.6 Å². The zero-order chi connectivity index (χ0) is 22.5. The third-order valence-corrected chi connectivity index (χ3v) is 13.5. The fourth-order valence-electron chi connectivity index (χ4n) is 7.59. The molecular formula is C27H40O3Si. The molecule has 0 unspecified atom stereocenters. The Hall–Kier alpha value is -1.20. The van der Waals surface area contributed by atoms with Crippen LogP contribution in [0.3, 0.4) is 0 Å². The molecule has 2 saturated carbocycles. The first-order valence-corrected chi connectivity index (χ1v) is 15.0. The molecule has 0 saturated heterocycles. The van der Waals surface area contributed by atoms with Crippen molar-refractivity contribution >= 4 is 13.3 Å². The summed E-state index contributed by atoms with van der Waals surface area (Å²) in [6.07, 6.45) is 9.57. The fourth-order valence-corrected chi connectivity index (χ4v) is 11.1. The normalized spacial score (nSPS) is 37.0. The molecule has 4 rings (SSSR count). The molecule has 0 aliphatic heterocycles. The Labute approximate surface area is 189 Å². The van der Waals surface area contributed by atoms with Crippen LogP contribution in [-0.2, 0) is 9.47 Å². The number of aliphatic hydroxyl groups is 1. The number of rotatable bonds is 7. The van der Waals surface area contributed by atoms with Gasteiger partial charge in [-0.15, -0.1) is 6.58 Å². The lowest BCUT2D eigenvalue weighted by atomic mass is 9.59. The average Bonchev–Trinajstić information content (AvgIpc) is 3.12. The molecule has 31 heavy (non-hydrogen) atoms. The maximum atomic E-state index is 12.9. The Kier molecular flexibility index (Phi) is 5.92. The third-order valence-electron chi connectivity index (χ3n) is 9.36. The molecule has 3 aliphatic rings. The van der Waals surface area contributed by atoms with Crippen molar-refractivity contribution in [2.75, 3.05) is 13.9 Å². The molecule has 3 aliphatic carbocycles. The molecule has 170 valence electrons. The average molecular weight is 441 g/mol. The Morgan fingerprint density at radius 3 is 2.55 bits per heavy atom. The maximum Gasteiger partial charge on any atom is 0.146 e. The summed E-state index contributed by atoms with van der Waals surface area (Å²) in [4.78, 5) is 0. The predicted octanol–water partition coefficient (Wildman–Crippen LogP) is 5.42. The van der Waals surface area contributed by atoms with E-state index < -0.39 is 13.7 Å². The van der Waals surface area contributed by atoms with Crippen LogP contribution in [0.2, 0.25) is 18.6 Å². The molecule has 1 N–H and O–H groups in total. The highest BCUT2D eigenvalue weighted by atomic mass is 28.3. The summed E-state index contributed by atoms with van der Waals surface area (Å²) in [7, 11) is -0.225. The van der Waals surface area contributed by atoms with Gasteiger partial charge in [0, 0.05) is 12.5 Å². The Bertz CT molecular complexity index is 845. The summed E-state index contributed by atoms with van der Waals surface area (Å²) >= 11 is 0. The summed E-state index contributed by atoms with van der Waals surface area (Å²) < 4.78 is 11.7. The highest BCUT2D eigenvalue weighted by Crippen LogP contribution is 2.74. The van der Waals surface area contributed by atoms with Gasteiger partial charge in [0.15, 0.2) is 0 Å². The smallest absolute Gasteiger partial charge is 0.146 e. The minimum absolute atomic E-state index is 0.0802. The van der Waals surface area contributed by atoms with E-state index in [1.807, 2.05) is 0 Å². The summed E-state index contributed by atoms with van der Waals surface area (Å²) in [5.74, 6) is 0.288. The summed E-state index contributed by atoms with van der Waals surface area (Å²) in [5.41, 5.74) is 0.114. The van der Waals surface area contributed by atoms with Crippen LogP contribution in [0.5, 0.6) is 0 Å². The molecule has 0 spiro atoms. The van der Waals surface area contributed by atoms with Gasteiger partial charge in [-0.3, -0.25) is 0 Å². The lowest BCUT2D eigenvalue weighted by molar-refractivity contribution is -0.173. The minimum Gasteiger partial charge on any atom is -0.382 e. The molecule has 0 aromatic heterocycles. The number of hydrogen-bond acceptors (Lipinski definition) is 3. The molecular weight excluding hydrogens is 400 g/mol. The largest absolute Gasteiger partial charge is 0.382 e. The summed E-state index contributed by atoms with van der Waals surface area (Å²) in [5, 5.41) is 14.3. The van der Waals surface area contributed by atoms with Gasteiger partial charge in [0.1, 0.15) is 12.4 Å². The quantitative estimate of drug-likeness (QED) is 0.349. The number of allylic oxidation sites excluding steroid dienone is 1. The number of ether oxygens (including phenoxy) is 2. The Morgan fingerprint density at radius 2 is 1.90 bits per heavy atom. The van der Waals surface area contributed by atoms with Gasteiger partial charge in [0.05, 0.1) is 14.2 Å². The standard InChI is InChI=1S/C27H40O3Si/c1-7-26-18-17-22(25(26,2)3)24(30-19-29-4)27(26,28)21-15-11-12-16-23(21)31(5,6)20-13-9-8-10-14-20/h7-10,13-15,22-24,28H,1,11-12,16-19H2,2-6H3/t22-,23-,24-,26-,27-/m0/s1. The van der Waals surface area contributed by atoms with Crippen LogP contribution in [0.25, 0.3) is 0 Å². The highest BCUT2D eigenvalue weighted by Gasteiger charge is 2.76. The van der Waals surface area contributed by atoms with Gasteiger partial charge in [-0.1, -0.05) is 74.6 Å². The topological polar surface area (TPSA) is 38.7 Å². The number of hydrogen-bond donors (Lipinski definition) is 1. The maximum absolute atomic E-state index is 12.9. The second kappa shape index (κ2) is 7.98. The van der Waals surface area contributed by atoms with E-state index in [9.17, 15) is 5.11 Å². The molecule has 5 atom stereocenters. The van der Waals surface area contributed by atoms with Gasteiger partial charge in [-0.2, -0.15) is 0 Å². The molecule has 1 aromatic carbocycles. The van der Waals surface area contributed by atoms with Gasteiger partial charge in [0.2, 0.25) is 0 Å². The number of fused-ring (bicyclic) bond motifs is 2. The van der Waals surface area contributed by atoms with E-state index >= 15 is 0 Å². The van der Waals surface area contributed by atoms with Crippen molar-refractivity contribution in [3.05, 3.63) is 54.6 Å². The molecule has 0 radical (unpaired) electrons. The van der Waals surface area contributed by atoms with Crippen molar-refractivity contribution in [1.82, 2.24) is 0 Å². The van der Waals surface area contributed by atoms with E-state index in [0.717, 1.165) is 25.7 Å². The fraction of sp³-hybridized carbons (Fsp3) is 0.630. The van der Waals surface area contributed by atoms with Crippen LogP contribution in [-0.4, -0.2) is 38.8 Å². The van der Waals surface area contributed by atoms with Gasteiger partial charge in [0.25, 0.3) is 0 Å². The van der Waals surface area contributed by atoms with E-state index in [0.29, 0.717) is 5.54 Å². The van der Waals surface area contributed by atoms with Crippen LogP contribution in [0, 0.1) is 16.7 Å². The predicted molar refractivity (Wildman–Crippen MR) is 130 cm³/mol. The third kappa shape index (κ3) is 3.02. The summed E-state index contributed by atoms with van der Waals surface area (Å²) in [6.45, 7) is 14.1. The second-order valence-electron chi connectivity index (χ2n) is 11.0. The summed E-state index contributed by atoms with van der Waals surface area (Å²) in [6, 6.07) is 11.0. The van der Waals surface area contributed by atoms with Crippen LogP contribution >= 0.6 is 0 Å². The van der Waals surface area contributed by atoms with Crippen molar-refractivity contribution in [2.45, 2.75) is 76.3 Å². The van der Waals surface area contributed by atoms with Crippen LogP contribution in [0.4, 0.5) is 0 Å². The van der Waals surface area contributed by atoms with Crippen molar-refractivity contribution in [2.24, 2.45) is 16.7 Å². The Balaban J connectivity index is 1.86. The van der Waals surface area contributed by atoms with Crippen LogP contribution in [0.1, 0.15) is 46.0 Å². The number of methoxy groups -OCH3 is 1. The van der Waals surface area contributed by atoms with Crippen molar-refractivity contribution < 1.29 is 14.6 Å². The molecule has 3 nitrogen and oxygen atoms in total. The molecule has 2 bridgehead atoms. The van der Waals surface area contributed by atoms with Crippen molar-refractivity contribution in [3.8, 4) is 0 Å². The van der Waals surface area contributed by atoms with Crippen molar-refractivity contribution in [3.63, 3.8) is 0 Å². The number of benzene rings is 1. The highest BCUT2D eigenvalue weighted by molar-refractivity contribution is 6.91. The Morgan fingerprint density at radius 1 is 1.19 bits per heavy atom. The zero-order valence-corrected chi connectivity index (χ0v) is 21.0. The van der Waals surface area contributed by atoms with E-state index in [-0.39, 0.29) is 29.6 Å². The monoisotopic (exact) mass is 440 g/mol. The minimum atomic E-state index is -1.89. The van der Waals surface area contributed by atoms with Crippen molar-refractivity contribution in [1.29, 1.82) is 0 Å². The van der Waals surface area contributed by atoms with Gasteiger partial charge < -0.3 is 14.6 Å². The lowest BCUT2D eigenvalue weighted by Gasteiger charge is -2.53. The first-order valence-electron chi connectivity index (χ1n) is 11.9. The van der Waals surface area contributed by atoms with E-state index in [1.54, 1.807) is 7.11 Å². The first-order chi connectivity index (χ1) is 14.7. The van der Waals surface area contributed by atoms with Crippen LogP contribution in [0.15, 0.2) is 54.6 Å². The van der Waals surface area contributed by atoms with Crippen LogP contribution < -0.4 is 5.19 Å². The zero-order valence-electron chi connectivity index (χ0n) is 20.0. The SMILES string of the molecule is C=C[C@@]12CC[C@@H]([C@H](OCOC)[C@@]1(O)C1=CCCC[C@@H]1[Si](C)(C)c1ccccc1)C2(C)C. The van der Waals surface area contributed by atoms with Gasteiger partial charge >= 0.3 is 0 Å². The van der Waals surface area contributed by atoms with E-state index in [2.05, 4.69) is 76.0 Å².